The minimum atomic E-state index is -0.0316. The summed E-state index contributed by atoms with van der Waals surface area (Å²) in [6, 6.07) is 5.31. The van der Waals surface area contributed by atoms with Crippen LogP contribution in [0.15, 0.2) is 18.2 Å². The first-order valence-corrected chi connectivity index (χ1v) is 6.38. The van der Waals surface area contributed by atoms with Gasteiger partial charge in [0.1, 0.15) is 0 Å². The molecule has 5 heteroatoms. The Hall–Kier alpha value is -1.75. The molecule has 0 radical (unpaired) electrons. The normalized spacial score (nSPS) is 10.4. The van der Waals surface area contributed by atoms with Gasteiger partial charge in [-0.25, -0.2) is 0 Å². The molecule has 1 amide bonds. The number of benzene rings is 1. The van der Waals surface area contributed by atoms with Crippen molar-refractivity contribution in [1.82, 2.24) is 4.90 Å². The Bertz CT molecular complexity index is 417. The number of ether oxygens (including phenoxy) is 2. The summed E-state index contributed by atoms with van der Waals surface area (Å²) in [5, 5.41) is 2.85. The molecular formula is C14H22N2O3. The van der Waals surface area contributed by atoms with Gasteiger partial charge in [-0.15, -0.1) is 0 Å². The van der Waals surface area contributed by atoms with E-state index in [-0.39, 0.29) is 5.91 Å². The molecule has 1 N–H and O–H groups in total. The van der Waals surface area contributed by atoms with Crippen molar-refractivity contribution >= 4 is 11.6 Å². The van der Waals surface area contributed by atoms with Crippen molar-refractivity contribution in [3.63, 3.8) is 0 Å². The minimum absolute atomic E-state index is 0.0316. The maximum Gasteiger partial charge on any atom is 0.238 e. The summed E-state index contributed by atoms with van der Waals surface area (Å²) in [6.45, 7) is 6.17. The molecule has 0 saturated carbocycles. The lowest BCUT2D eigenvalue weighted by Gasteiger charge is -2.17. The van der Waals surface area contributed by atoms with Gasteiger partial charge in [0.25, 0.3) is 0 Å². The van der Waals surface area contributed by atoms with E-state index >= 15 is 0 Å². The number of nitrogens with zero attached hydrogens (tertiary/aromatic N) is 1. The molecule has 0 heterocycles. The fourth-order valence-corrected chi connectivity index (χ4v) is 1.76. The van der Waals surface area contributed by atoms with Crippen LogP contribution in [-0.2, 0) is 4.79 Å². The number of methoxy groups -OCH3 is 2. The van der Waals surface area contributed by atoms with Crippen molar-refractivity contribution in [2.24, 2.45) is 0 Å². The molecule has 0 spiro atoms. The number of carbonyl (C=O) groups excluding carboxylic acids is 1. The second kappa shape index (κ2) is 7.63. The van der Waals surface area contributed by atoms with Crippen molar-refractivity contribution < 1.29 is 14.3 Å². The molecule has 1 rings (SSSR count). The highest BCUT2D eigenvalue weighted by Gasteiger charge is 2.09. The van der Waals surface area contributed by atoms with Crippen molar-refractivity contribution in [2.75, 3.05) is 39.2 Å². The molecule has 0 fully saturated rings. The number of hydrogen-bond acceptors (Lipinski definition) is 4. The number of nitrogens with one attached hydrogen (secondary N) is 1. The lowest BCUT2D eigenvalue weighted by atomic mass is 10.2. The van der Waals surface area contributed by atoms with E-state index in [1.165, 1.54) is 0 Å². The van der Waals surface area contributed by atoms with E-state index < -0.39 is 0 Å². The number of amides is 1. The Kier molecular flexibility index (Phi) is 6.15. The molecule has 0 aliphatic heterocycles. The maximum absolute atomic E-state index is 11.9. The van der Waals surface area contributed by atoms with E-state index in [0.717, 1.165) is 13.1 Å². The van der Waals surface area contributed by atoms with Crippen LogP contribution in [0.3, 0.4) is 0 Å². The number of rotatable bonds is 7. The van der Waals surface area contributed by atoms with Crippen molar-refractivity contribution in [1.29, 1.82) is 0 Å². The molecule has 1 aromatic rings. The first kappa shape index (κ1) is 15.3. The van der Waals surface area contributed by atoms with Crippen LogP contribution in [0.1, 0.15) is 13.8 Å². The summed E-state index contributed by atoms with van der Waals surface area (Å²) in [4.78, 5) is 13.9. The van der Waals surface area contributed by atoms with E-state index in [9.17, 15) is 4.79 Å². The second-order valence-electron chi connectivity index (χ2n) is 4.08. The molecule has 0 saturated heterocycles. The van der Waals surface area contributed by atoms with Crippen molar-refractivity contribution in [3.05, 3.63) is 18.2 Å². The van der Waals surface area contributed by atoms with Gasteiger partial charge in [-0.3, -0.25) is 9.69 Å². The summed E-state index contributed by atoms with van der Waals surface area (Å²) >= 11 is 0. The largest absolute Gasteiger partial charge is 0.493 e. The topological polar surface area (TPSA) is 50.8 Å². The van der Waals surface area contributed by atoms with Gasteiger partial charge in [-0.1, -0.05) is 13.8 Å². The zero-order chi connectivity index (χ0) is 14.3. The average Bonchev–Trinajstić information content (AvgIpc) is 2.44. The van der Waals surface area contributed by atoms with Gasteiger partial charge < -0.3 is 14.8 Å². The first-order valence-electron chi connectivity index (χ1n) is 6.38. The Labute approximate surface area is 114 Å². The number of hydrogen-bond donors (Lipinski definition) is 1. The van der Waals surface area contributed by atoms with E-state index in [0.29, 0.717) is 23.7 Å². The molecule has 0 bridgehead atoms. The van der Waals surface area contributed by atoms with E-state index in [2.05, 4.69) is 10.2 Å². The standard InChI is InChI=1S/C14H22N2O3/c1-5-16(6-2)10-14(17)15-11-7-8-12(18-3)13(9-11)19-4/h7-9H,5-6,10H2,1-4H3,(H,15,17). The smallest absolute Gasteiger partial charge is 0.238 e. The lowest BCUT2D eigenvalue weighted by Crippen LogP contribution is -2.32. The monoisotopic (exact) mass is 266 g/mol. The molecule has 5 nitrogen and oxygen atoms in total. The van der Waals surface area contributed by atoms with Gasteiger partial charge in [0, 0.05) is 11.8 Å². The van der Waals surface area contributed by atoms with Crippen LogP contribution in [0.2, 0.25) is 0 Å². The molecule has 1 aromatic carbocycles. The predicted molar refractivity (Wildman–Crippen MR) is 76.0 cm³/mol. The third-order valence-corrected chi connectivity index (χ3v) is 2.93. The van der Waals surface area contributed by atoms with Crippen LogP contribution < -0.4 is 14.8 Å². The lowest BCUT2D eigenvalue weighted by molar-refractivity contribution is -0.117. The van der Waals surface area contributed by atoms with Gasteiger partial charge in [-0.2, -0.15) is 0 Å². The van der Waals surface area contributed by atoms with Crippen LogP contribution in [0.25, 0.3) is 0 Å². The summed E-state index contributed by atoms with van der Waals surface area (Å²) in [5.74, 6) is 1.21. The number of carbonyl (C=O) groups is 1. The Morgan fingerprint density at radius 3 is 2.32 bits per heavy atom. The quantitative estimate of drug-likeness (QED) is 0.820. The number of likely N-dealkylation sites (N-methyl/N-ethyl adjacent to an activating group) is 1. The molecule has 19 heavy (non-hydrogen) atoms. The van der Waals surface area contributed by atoms with Gasteiger partial charge >= 0.3 is 0 Å². The zero-order valence-electron chi connectivity index (χ0n) is 12.0. The maximum atomic E-state index is 11.9. The fourth-order valence-electron chi connectivity index (χ4n) is 1.76. The molecule has 0 aliphatic rings. The van der Waals surface area contributed by atoms with E-state index in [1.807, 2.05) is 13.8 Å². The highest BCUT2D eigenvalue weighted by molar-refractivity contribution is 5.92. The van der Waals surface area contributed by atoms with Crippen LogP contribution in [0, 0.1) is 0 Å². The van der Waals surface area contributed by atoms with Gasteiger partial charge in [0.05, 0.1) is 20.8 Å². The Balaban J connectivity index is 2.69. The molecule has 0 unspecified atom stereocenters. The third kappa shape index (κ3) is 4.44. The van der Waals surface area contributed by atoms with Crippen LogP contribution in [0.4, 0.5) is 5.69 Å². The summed E-state index contributed by atoms with van der Waals surface area (Å²) in [6.07, 6.45) is 0. The fraction of sp³-hybridized carbons (Fsp3) is 0.500. The molecule has 0 aromatic heterocycles. The average molecular weight is 266 g/mol. The Morgan fingerprint density at radius 1 is 1.16 bits per heavy atom. The van der Waals surface area contributed by atoms with Gasteiger partial charge in [0.15, 0.2) is 11.5 Å². The van der Waals surface area contributed by atoms with Gasteiger partial charge in [-0.05, 0) is 25.2 Å². The molecule has 106 valence electrons. The second-order valence-corrected chi connectivity index (χ2v) is 4.08. The number of anilines is 1. The molecular weight excluding hydrogens is 244 g/mol. The molecule has 0 aliphatic carbocycles. The SMILES string of the molecule is CCN(CC)CC(=O)Nc1ccc(OC)c(OC)c1. The van der Waals surface area contributed by atoms with Gasteiger partial charge in [0.2, 0.25) is 5.91 Å². The van der Waals surface area contributed by atoms with Crippen LogP contribution >= 0.6 is 0 Å². The molecule has 0 atom stereocenters. The Morgan fingerprint density at radius 2 is 1.79 bits per heavy atom. The predicted octanol–water partition coefficient (Wildman–Crippen LogP) is 1.98. The van der Waals surface area contributed by atoms with Crippen LogP contribution in [-0.4, -0.2) is 44.7 Å². The minimum Gasteiger partial charge on any atom is -0.493 e. The van der Waals surface area contributed by atoms with E-state index in [4.69, 9.17) is 9.47 Å². The highest BCUT2D eigenvalue weighted by atomic mass is 16.5. The first-order chi connectivity index (χ1) is 9.14. The summed E-state index contributed by atoms with van der Waals surface area (Å²) in [5.41, 5.74) is 0.704. The zero-order valence-corrected chi connectivity index (χ0v) is 12.0. The summed E-state index contributed by atoms with van der Waals surface area (Å²) < 4.78 is 10.3. The van der Waals surface area contributed by atoms with Crippen LogP contribution in [0.5, 0.6) is 11.5 Å². The summed E-state index contributed by atoms with van der Waals surface area (Å²) in [7, 11) is 3.15. The van der Waals surface area contributed by atoms with Crippen molar-refractivity contribution in [2.45, 2.75) is 13.8 Å². The third-order valence-electron chi connectivity index (χ3n) is 2.93. The highest BCUT2D eigenvalue weighted by Crippen LogP contribution is 2.29. The van der Waals surface area contributed by atoms with Crippen molar-refractivity contribution in [3.8, 4) is 11.5 Å². The van der Waals surface area contributed by atoms with E-state index in [1.54, 1.807) is 32.4 Å².